The van der Waals surface area contributed by atoms with Gasteiger partial charge in [-0.05, 0) is 74.6 Å². The second-order valence-electron chi connectivity index (χ2n) is 8.90. The van der Waals surface area contributed by atoms with Crippen molar-refractivity contribution in [1.82, 2.24) is 8.87 Å². The Kier molecular flexibility index (Phi) is 7.25. The molecule has 2 unspecified atom stereocenters. The minimum atomic E-state index is -3.59. The molecule has 0 aliphatic carbocycles. The second kappa shape index (κ2) is 10.0. The van der Waals surface area contributed by atoms with Crippen LogP contribution in [0.4, 0.5) is 0 Å². The van der Waals surface area contributed by atoms with Gasteiger partial charge in [-0.3, -0.25) is 4.79 Å². The van der Waals surface area contributed by atoms with Crippen LogP contribution in [0.25, 0.3) is 10.2 Å². The van der Waals surface area contributed by atoms with Crippen LogP contribution in [0.15, 0.2) is 52.4 Å². The number of ether oxygens (including phenoxy) is 1. The third kappa shape index (κ3) is 4.96. The molecule has 0 bridgehead atoms. The number of piperidine rings is 1. The lowest BCUT2D eigenvalue weighted by Gasteiger charge is -2.34. The van der Waals surface area contributed by atoms with Crippen molar-refractivity contribution in [2.45, 2.75) is 45.6 Å². The Morgan fingerprint density at radius 2 is 1.76 bits per heavy atom. The maximum atomic E-state index is 13.1. The van der Waals surface area contributed by atoms with E-state index in [9.17, 15) is 13.2 Å². The average Bonchev–Trinajstić information content (AvgIpc) is 3.14. The summed E-state index contributed by atoms with van der Waals surface area (Å²) < 4.78 is 36.4. The van der Waals surface area contributed by atoms with Crippen LogP contribution in [0.5, 0.6) is 5.75 Å². The lowest BCUT2D eigenvalue weighted by atomic mass is 9.94. The molecule has 3 aromatic rings. The Morgan fingerprint density at radius 1 is 1.09 bits per heavy atom. The highest BCUT2D eigenvalue weighted by Gasteiger charge is 2.31. The predicted molar refractivity (Wildman–Crippen MR) is 135 cm³/mol. The monoisotopic (exact) mass is 501 g/mol. The van der Waals surface area contributed by atoms with Gasteiger partial charge < -0.3 is 9.30 Å². The molecule has 1 aromatic heterocycles. The fraction of sp³-hybridized carbons (Fsp3) is 0.440. The number of benzene rings is 2. The Balaban J connectivity index is 1.61. The van der Waals surface area contributed by atoms with Gasteiger partial charge >= 0.3 is 0 Å². The molecule has 0 radical (unpaired) electrons. The molecule has 0 spiro atoms. The molecule has 7 nitrogen and oxygen atoms in total. The summed E-state index contributed by atoms with van der Waals surface area (Å²) in [7, 11) is -3.59. The van der Waals surface area contributed by atoms with Crippen molar-refractivity contribution >= 4 is 37.5 Å². The van der Waals surface area contributed by atoms with Crippen molar-refractivity contribution in [2.24, 2.45) is 16.8 Å². The number of aromatic nitrogens is 1. The van der Waals surface area contributed by atoms with Gasteiger partial charge in [0.2, 0.25) is 10.0 Å². The van der Waals surface area contributed by atoms with Crippen LogP contribution < -0.4 is 9.54 Å². The van der Waals surface area contributed by atoms with Crippen LogP contribution in [-0.4, -0.2) is 42.9 Å². The summed E-state index contributed by atoms with van der Waals surface area (Å²) >= 11 is 1.43. The van der Waals surface area contributed by atoms with Crippen molar-refractivity contribution in [2.75, 3.05) is 19.7 Å². The molecule has 1 saturated heterocycles. The van der Waals surface area contributed by atoms with Gasteiger partial charge in [-0.2, -0.15) is 9.30 Å². The molecular weight excluding hydrogens is 470 g/mol. The quantitative estimate of drug-likeness (QED) is 0.497. The molecule has 9 heteroatoms. The van der Waals surface area contributed by atoms with E-state index < -0.39 is 15.9 Å². The Bertz CT molecular complexity index is 1350. The van der Waals surface area contributed by atoms with Gasteiger partial charge in [0, 0.05) is 25.2 Å². The van der Waals surface area contributed by atoms with Crippen molar-refractivity contribution in [3.63, 3.8) is 0 Å². The number of hydrogen-bond acceptors (Lipinski definition) is 5. The molecule has 0 saturated carbocycles. The van der Waals surface area contributed by atoms with Crippen molar-refractivity contribution in [3.05, 3.63) is 52.8 Å². The fourth-order valence-electron chi connectivity index (χ4n) is 4.57. The van der Waals surface area contributed by atoms with E-state index in [-0.39, 0.29) is 4.90 Å². The van der Waals surface area contributed by atoms with Crippen LogP contribution in [0.3, 0.4) is 0 Å². The molecule has 182 valence electrons. The van der Waals surface area contributed by atoms with Gasteiger partial charge in [0.05, 0.1) is 21.7 Å². The molecular formula is C25H31N3O4S2. The largest absolute Gasteiger partial charge is 0.494 e. The Labute approximate surface area is 204 Å². The van der Waals surface area contributed by atoms with Crippen LogP contribution in [-0.2, 0) is 16.6 Å². The van der Waals surface area contributed by atoms with Gasteiger partial charge in [-0.25, -0.2) is 8.42 Å². The number of fused-ring (bicyclic) bond motifs is 1. The standard InChI is InChI=1S/C25H31N3O4S2/c1-5-28-22-12-9-20(32-6-2)14-23(22)33-25(28)26-24(29)19-7-10-21(11-8-19)34(30,31)27-15-17(3)13-18(4)16-27/h7-12,14,17-18H,5-6,13,15-16H2,1-4H3. The molecule has 1 aliphatic heterocycles. The maximum absolute atomic E-state index is 13.1. The van der Waals surface area contributed by atoms with Gasteiger partial charge in [0.25, 0.3) is 5.91 Å². The number of aryl methyl sites for hydroxylation is 1. The number of thiazole rings is 1. The highest BCUT2D eigenvalue weighted by molar-refractivity contribution is 7.89. The first-order valence-electron chi connectivity index (χ1n) is 11.7. The molecule has 1 fully saturated rings. The first kappa shape index (κ1) is 24.6. The zero-order valence-electron chi connectivity index (χ0n) is 20.0. The number of amides is 1. The minimum Gasteiger partial charge on any atom is -0.494 e. The highest BCUT2D eigenvalue weighted by Crippen LogP contribution is 2.27. The van der Waals surface area contributed by atoms with Crippen molar-refractivity contribution in [3.8, 4) is 5.75 Å². The fourth-order valence-corrected chi connectivity index (χ4v) is 7.37. The van der Waals surface area contributed by atoms with Crippen molar-refractivity contribution < 1.29 is 17.9 Å². The first-order valence-corrected chi connectivity index (χ1v) is 13.9. The molecule has 34 heavy (non-hydrogen) atoms. The number of hydrogen-bond donors (Lipinski definition) is 0. The molecule has 1 aliphatic rings. The van der Waals surface area contributed by atoms with Gasteiger partial charge in [-0.15, -0.1) is 0 Å². The number of nitrogens with zero attached hydrogens (tertiary/aromatic N) is 3. The first-order chi connectivity index (χ1) is 16.2. The lowest BCUT2D eigenvalue weighted by molar-refractivity contribution is 0.0997. The third-order valence-corrected chi connectivity index (χ3v) is 8.94. The lowest BCUT2D eigenvalue weighted by Crippen LogP contribution is -2.42. The highest BCUT2D eigenvalue weighted by atomic mass is 32.2. The van der Waals surface area contributed by atoms with E-state index in [1.54, 1.807) is 16.4 Å². The predicted octanol–water partition coefficient (Wildman–Crippen LogP) is 4.53. The summed E-state index contributed by atoms with van der Waals surface area (Å²) in [6.07, 6.45) is 1.03. The average molecular weight is 502 g/mol. The van der Waals surface area contributed by atoms with Gasteiger partial charge in [-0.1, -0.05) is 25.2 Å². The Hall–Kier alpha value is -2.49. The normalized spacial score (nSPS) is 20.1. The molecule has 2 heterocycles. The number of rotatable bonds is 6. The third-order valence-electron chi connectivity index (χ3n) is 6.05. The second-order valence-corrected chi connectivity index (χ2v) is 11.8. The van der Waals surface area contributed by atoms with Crippen LogP contribution >= 0.6 is 11.3 Å². The topological polar surface area (TPSA) is 81.0 Å². The van der Waals surface area contributed by atoms with E-state index in [0.29, 0.717) is 48.4 Å². The van der Waals surface area contributed by atoms with E-state index in [2.05, 4.69) is 18.8 Å². The maximum Gasteiger partial charge on any atom is 0.279 e. The van der Waals surface area contributed by atoms with Crippen LogP contribution in [0.1, 0.15) is 44.5 Å². The van der Waals surface area contributed by atoms with E-state index in [0.717, 1.165) is 22.4 Å². The van der Waals surface area contributed by atoms with Crippen LogP contribution in [0.2, 0.25) is 0 Å². The smallest absolute Gasteiger partial charge is 0.279 e. The van der Waals surface area contributed by atoms with Gasteiger partial charge in [0.15, 0.2) is 4.80 Å². The molecule has 0 N–H and O–H groups in total. The van der Waals surface area contributed by atoms with Gasteiger partial charge in [0.1, 0.15) is 5.75 Å². The molecule has 1 amide bonds. The number of carbonyl (C=O) groups is 1. The van der Waals surface area contributed by atoms with E-state index in [1.165, 1.54) is 23.5 Å². The SMILES string of the molecule is CCOc1ccc2c(c1)sc(=NC(=O)c1ccc(S(=O)(=O)N3CC(C)CC(C)C3)cc1)n2CC. The van der Waals surface area contributed by atoms with E-state index in [1.807, 2.05) is 36.6 Å². The van der Waals surface area contributed by atoms with E-state index in [4.69, 9.17) is 4.74 Å². The summed E-state index contributed by atoms with van der Waals surface area (Å²) in [6, 6.07) is 12.0. The van der Waals surface area contributed by atoms with E-state index >= 15 is 0 Å². The summed E-state index contributed by atoms with van der Waals surface area (Å²) in [5, 5.41) is 0. The Morgan fingerprint density at radius 3 is 2.38 bits per heavy atom. The van der Waals surface area contributed by atoms with Crippen molar-refractivity contribution in [1.29, 1.82) is 0 Å². The summed E-state index contributed by atoms with van der Waals surface area (Å²) in [5.41, 5.74) is 1.35. The zero-order chi connectivity index (χ0) is 24.5. The summed E-state index contributed by atoms with van der Waals surface area (Å²) in [6.45, 7) is 10.4. The van der Waals surface area contributed by atoms with Crippen LogP contribution in [0, 0.1) is 11.8 Å². The number of carbonyl (C=O) groups excluding carboxylic acids is 1. The summed E-state index contributed by atoms with van der Waals surface area (Å²) in [5.74, 6) is 1.04. The zero-order valence-corrected chi connectivity index (χ0v) is 21.7. The number of sulfonamides is 1. The molecule has 2 atom stereocenters. The minimum absolute atomic E-state index is 0.208. The molecule has 4 rings (SSSR count). The molecule has 2 aromatic carbocycles. The summed E-state index contributed by atoms with van der Waals surface area (Å²) in [4.78, 5) is 18.1.